The first-order valence-electron chi connectivity index (χ1n) is 8.13. The first-order valence-corrected chi connectivity index (χ1v) is 8.13. The minimum atomic E-state index is -0.0819. The van der Waals surface area contributed by atoms with Gasteiger partial charge < -0.3 is 9.84 Å². The second kappa shape index (κ2) is 6.49. The van der Waals surface area contributed by atoms with Gasteiger partial charge in [-0.05, 0) is 31.7 Å². The summed E-state index contributed by atoms with van der Waals surface area (Å²) < 4.78 is 5.60. The molecule has 1 N–H and O–H groups in total. The van der Waals surface area contributed by atoms with E-state index in [4.69, 9.17) is 4.74 Å². The number of fused-ring (bicyclic) bond motifs is 2. The van der Waals surface area contributed by atoms with Gasteiger partial charge in [-0.15, -0.1) is 0 Å². The van der Waals surface area contributed by atoms with E-state index in [1.165, 1.54) is 0 Å². The number of aliphatic hydroxyl groups excluding tert-OH is 1. The Balaban J connectivity index is 1.92. The molecule has 2 aliphatic heterocycles. The third-order valence-electron chi connectivity index (χ3n) is 5.41. The van der Waals surface area contributed by atoms with Crippen LogP contribution in [0.3, 0.4) is 0 Å². The fraction of sp³-hybridized carbons (Fsp3) is 0.611. The molecule has 4 nitrogen and oxygen atoms in total. The molecule has 2 heterocycles. The highest BCUT2D eigenvalue weighted by molar-refractivity contribution is 5.80. The number of nitrogens with zero attached hydrogens (tertiary/aromatic N) is 1. The molecule has 2 aliphatic rings. The molecule has 0 aliphatic carbocycles. The Hall–Kier alpha value is -1.23. The van der Waals surface area contributed by atoms with Crippen LogP contribution in [0.1, 0.15) is 37.8 Å². The zero-order chi connectivity index (χ0) is 15.7. The molecule has 4 heteroatoms. The van der Waals surface area contributed by atoms with Crippen LogP contribution in [0, 0.1) is 5.92 Å². The van der Waals surface area contributed by atoms with Crippen LogP contribution in [0.15, 0.2) is 30.3 Å². The van der Waals surface area contributed by atoms with Crippen molar-refractivity contribution in [3.8, 4) is 0 Å². The van der Waals surface area contributed by atoms with Gasteiger partial charge in [-0.25, -0.2) is 0 Å². The van der Waals surface area contributed by atoms with E-state index in [9.17, 15) is 9.90 Å². The molecule has 2 saturated heterocycles. The summed E-state index contributed by atoms with van der Waals surface area (Å²) in [5.74, 6) is 0.119. The number of aliphatic hydroxyl groups is 1. The molecular formula is C18H25NO3. The molecule has 0 radical (unpaired) electrons. The molecule has 1 aromatic rings. The lowest BCUT2D eigenvalue weighted by Gasteiger charge is -2.46. The Kier molecular flexibility index (Phi) is 4.62. The molecule has 1 aromatic carbocycles. The van der Waals surface area contributed by atoms with Crippen LogP contribution in [-0.2, 0) is 9.53 Å². The number of hydrogen-bond acceptors (Lipinski definition) is 4. The van der Waals surface area contributed by atoms with Crippen molar-refractivity contribution in [3.05, 3.63) is 35.9 Å². The van der Waals surface area contributed by atoms with Crippen molar-refractivity contribution in [1.29, 1.82) is 0 Å². The van der Waals surface area contributed by atoms with Crippen molar-refractivity contribution < 1.29 is 14.6 Å². The van der Waals surface area contributed by atoms with Gasteiger partial charge in [-0.2, -0.15) is 0 Å². The first-order chi connectivity index (χ1) is 10.7. The Morgan fingerprint density at radius 2 is 2.09 bits per heavy atom. The van der Waals surface area contributed by atoms with Gasteiger partial charge in [0.05, 0.1) is 24.7 Å². The van der Waals surface area contributed by atoms with Gasteiger partial charge in [0.25, 0.3) is 0 Å². The molecule has 0 spiro atoms. The van der Waals surface area contributed by atoms with E-state index in [1.807, 2.05) is 18.2 Å². The SMILES string of the molecule is CO[C@@H]1C[C@H]2CC[C@@H]([C@H]1C(C)=O)N2[C@@H](CO)c1ccccc1. The van der Waals surface area contributed by atoms with Gasteiger partial charge in [0.15, 0.2) is 0 Å². The number of ether oxygens (including phenoxy) is 1. The molecule has 0 unspecified atom stereocenters. The lowest BCUT2D eigenvalue weighted by molar-refractivity contribution is -0.135. The van der Waals surface area contributed by atoms with Crippen LogP contribution < -0.4 is 0 Å². The van der Waals surface area contributed by atoms with Crippen molar-refractivity contribution >= 4 is 5.78 Å². The van der Waals surface area contributed by atoms with Gasteiger partial charge in [-0.3, -0.25) is 9.69 Å². The second-order valence-electron chi connectivity index (χ2n) is 6.50. The van der Waals surface area contributed by atoms with Crippen molar-refractivity contribution in [2.24, 2.45) is 5.92 Å². The van der Waals surface area contributed by atoms with Gasteiger partial charge >= 0.3 is 0 Å². The Labute approximate surface area is 132 Å². The van der Waals surface area contributed by atoms with Gasteiger partial charge in [-0.1, -0.05) is 30.3 Å². The number of ketones is 1. The average Bonchev–Trinajstić information content (AvgIpc) is 2.82. The first kappa shape index (κ1) is 15.7. The normalized spacial score (nSPS) is 32.9. The topological polar surface area (TPSA) is 49.8 Å². The number of carbonyl (C=O) groups is 1. The smallest absolute Gasteiger partial charge is 0.137 e. The van der Waals surface area contributed by atoms with Crippen LogP contribution in [0.25, 0.3) is 0 Å². The molecule has 120 valence electrons. The van der Waals surface area contributed by atoms with E-state index < -0.39 is 0 Å². The maximum atomic E-state index is 12.2. The van der Waals surface area contributed by atoms with Gasteiger partial charge in [0.1, 0.15) is 5.78 Å². The monoisotopic (exact) mass is 303 g/mol. The number of benzene rings is 1. The molecule has 22 heavy (non-hydrogen) atoms. The van der Waals surface area contributed by atoms with Crippen molar-refractivity contribution in [2.75, 3.05) is 13.7 Å². The van der Waals surface area contributed by atoms with Crippen molar-refractivity contribution in [2.45, 2.75) is 50.4 Å². The van der Waals surface area contributed by atoms with E-state index in [-0.39, 0.29) is 36.5 Å². The van der Waals surface area contributed by atoms with Crippen LogP contribution >= 0.6 is 0 Å². The molecule has 2 fully saturated rings. The molecule has 5 atom stereocenters. The maximum Gasteiger partial charge on any atom is 0.137 e. The summed E-state index contributed by atoms with van der Waals surface area (Å²) in [5, 5.41) is 9.99. The van der Waals surface area contributed by atoms with E-state index in [2.05, 4.69) is 17.0 Å². The summed E-state index contributed by atoms with van der Waals surface area (Å²) in [4.78, 5) is 14.6. The highest BCUT2D eigenvalue weighted by Crippen LogP contribution is 2.45. The highest BCUT2D eigenvalue weighted by Gasteiger charge is 2.51. The fourth-order valence-electron chi connectivity index (χ4n) is 4.51. The fourth-order valence-corrected chi connectivity index (χ4v) is 4.51. The highest BCUT2D eigenvalue weighted by atomic mass is 16.5. The van der Waals surface area contributed by atoms with Crippen LogP contribution in [0.4, 0.5) is 0 Å². The minimum Gasteiger partial charge on any atom is -0.394 e. The Morgan fingerprint density at radius 3 is 2.68 bits per heavy atom. The summed E-state index contributed by atoms with van der Waals surface area (Å²) in [7, 11) is 1.70. The van der Waals surface area contributed by atoms with Gasteiger partial charge in [0.2, 0.25) is 0 Å². The predicted octanol–water partition coefficient (Wildman–Crippen LogP) is 2.18. The zero-order valence-corrected chi connectivity index (χ0v) is 13.3. The predicted molar refractivity (Wildman–Crippen MR) is 84.5 cm³/mol. The summed E-state index contributed by atoms with van der Waals surface area (Å²) in [6.45, 7) is 1.75. The van der Waals surface area contributed by atoms with Crippen LogP contribution in [0.2, 0.25) is 0 Å². The number of Topliss-reactive ketones (excluding diaryl/α,β-unsaturated/α-hetero) is 1. The second-order valence-corrected chi connectivity index (χ2v) is 6.50. The third kappa shape index (κ3) is 2.60. The van der Waals surface area contributed by atoms with Crippen LogP contribution in [0.5, 0.6) is 0 Å². The molecular weight excluding hydrogens is 278 g/mol. The maximum absolute atomic E-state index is 12.2. The number of carbonyl (C=O) groups excluding carboxylic acids is 1. The molecule has 0 aromatic heterocycles. The molecule has 0 amide bonds. The summed E-state index contributed by atoms with van der Waals surface area (Å²) in [5.41, 5.74) is 1.13. The summed E-state index contributed by atoms with van der Waals surface area (Å²) in [6, 6.07) is 10.7. The third-order valence-corrected chi connectivity index (χ3v) is 5.41. The number of piperidine rings is 1. The van der Waals surface area contributed by atoms with Gasteiger partial charge in [0, 0.05) is 19.2 Å². The van der Waals surface area contributed by atoms with E-state index >= 15 is 0 Å². The number of hydrogen-bond donors (Lipinski definition) is 1. The zero-order valence-electron chi connectivity index (χ0n) is 13.3. The van der Waals surface area contributed by atoms with E-state index in [0.29, 0.717) is 6.04 Å². The molecule has 3 rings (SSSR count). The standard InChI is InChI=1S/C18H25NO3/c1-12(21)18-15-9-8-14(10-17(18)22-2)19(15)16(11-20)13-6-4-3-5-7-13/h3-7,14-18,20H,8-11H2,1-2H3/t14-,15+,16+,17-,18-/m1/s1. The minimum absolute atomic E-state index is 0.0152. The lowest BCUT2D eigenvalue weighted by Crippen LogP contribution is -2.55. The van der Waals surface area contributed by atoms with E-state index in [1.54, 1.807) is 14.0 Å². The average molecular weight is 303 g/mol. The van der Waals surface area contributed by atoms with Crippen LogP contribution in [-0.4, -0.2) is 47.7 Å². The Morgan fingerprint density at radius 1 is 1.36 bits per heavy atom. The summed E-state index contributed by atoms with van der Waals surface area (Å²) in [6.07, 6.45) is 2.98. The largest absolute Gasteiger partial charge is 0.394 e. The van der Waals surface area contributed by atoms with Crippen molar-refractivity contribution in [1.82, 2.24) is 4.90 Å². The summed E-state index contributed by atoms with van der Waals surface area (Å²) >= 11 is 0. The molecule has 0 saturated carbocycles. The number of methoxy groups -OCH3 is 1. The lowest BCUT2D eigenvalue weighted by atomic mass is 9.83. The van der Waals surface area contributed by atoms with Crippen molar-refractivity contribution in [3.63, 3.8) is 0 Å². The van der Waals surface area contributed by atoms with E-state index in [0.717, 1.165) is 24.8 Å². The molecule has 2 bridgehead atoms. The quantitative estimate of drug-likeness (QED) is 0.906. The number of rotatable bonds is 5. The Bertz CT molecular complexity index is 518.